The number of sulfonamides is 1. The van der Waals surface area contributed by atoms with Gasteiger partial charge in [-0.25, -0.2) is 8.42 Å². The van der Waals surface area contributed by atoms with E-state index in [1.54, 1.807) is 36.4 Å². The van der Waals surface area contributed by atoms with Crippen molar-refractivity contribution in [2.75, 3.05) is 24.5 Å². The molecule has 2 amide bonds. The van der Waals surface area contributed by atoms with Crippen molar-refractivity contribution in [3.8, 4) is 5.75 Å². The fourth-order valence-corrected chi connectivity index (χ4v) is 6.65. The van der Waals surface area contributed by atoms with E-state index >= 15 is 0 Å². The molecule has 1 atom stereocenters. The molecule has 0 aromatic heterocycles. The number of benzene rings is 4. The van der Waals surface area contributed by atoms with Crippen LogP contribution in [0.4, 0.5) is 5.69 Å². The van der Waals surface area contributed by atoms with Gasteiger partial charge < -0.3 is 15.0 Å². The number of ether oxygens (including phenoxy) is 1. The topological polar surface area (TPSA) is 96.0 Å². The van der Waals surface area contributed by atoms with Crippen LogP contribution in [0.5, 0.6) is 5.75 Å². The lowest BCUT2D eigenvalue weighted by Crippen LogP contribution is -2.53. The molecule has 0 aliphatic carbocycles. The van der Waals surface area contributed by atoms with Crippen molar-refractivity contribution in [2.45, 2.75) is 37.8 Å². The Morgan fingerprint density at radius 2 is 1.55 bits per heavy atom. The summed E-state index contributed by atoms with van der Waals surface area (Å²) in [7, 11) is -2.69. The smallest absolute Gasteiger partial charge is 0.264 e. The summed E-state index contributed by atoms with van der Waals surface area (Å²) in [6.45, 7) is 3.67. The van der Waals surface area contributed by atoms with Gasteiger partial charge in [-0.05, 0) is 73.5 Å². The Balaban J connectivity index is 1.79. The quantitative estimate of drug-likeness (QED) is 0.195. The van der Waals surface area contributed by atoms with Crippen LogP contribution in [0.3, 0.4) is 0 Å². The van der Waals surface area contributed by atoms with Crippen LogP contribution in [0.1, 0.15) is 23.6 Å². The first-order chi connectivity index (χ1) is 21.1. The van der Waals surface area contributed by atoms with Crippen LogP contribution in [0.2, 0.25) is 0 Å². The summed E-state index contributed by atoms with van der Waals surface area (Å²) in [5.41, 5.74) is 2.93. The number of nitrogens with one attached hydrogen (secondary N) is 1. The molecule has 0 radical (unpaired) electrons. The van der Waals surface area contributed by atoms with E-state index in [0.717, 1.165) is 25.5 Å². The van der Waals surface area contributed by atoms with Crippen LogP contribution in [0.25, 0.3) is 0 Å². The standard InChI is InChI=1S/C34H36BrN3O5S/c1-4-36-34(40)32(22-26-9-6-5-7-10-26)37(23-27-11-8-12-28(35)21-27)33(39)24-38(29-15-13-25(2)14-16-29)44(41,42)31-19-17-30(43-3)18-20-31/h5-21,32H,4,22-24H2,1-3H3,(H,36,40)/t32-/m0/s1. The third-order valence-corrected chi connectivity index (χ3v) is 9.39. The molecule has 8 nitrogen and oxygen atoms in total. The second kappa shape index (κ2) is 15.0. The molecule has 4 rings (SSSR count). The molecule has 0 fully saturated rings. The third kappa shape index (κ3) is 8.27. The predicted octanol–water partition coefficient (Wildman–Crippen LogP) is 5.74. The Bertz CT molecular complexity index is 1660. The molecule has 230 valence electrons. The Morgan fingerprint density at radius 3 is 2.16 bits per heavy atom. The Labute approximate surface area is 267 Å². The van der Waals surface area contributed by atoms with Gasteiger partial charge in [-0.15, -0.1) is 0 Å². The van der Waals surface area contributed by atoms with Gasteiger partial charge >= 0.3 is 0 Å². The van der Waals surface area contributed by atoms with Crippen molar-refractivity contribution in [3.63, 3.8) is 0 Å². The molecule has 1 N–H and O–H groups in total. The lowest BCUT2D eigenvalue weighted by Gasteiger charge is -2.34. The van der Waals surface area contributed by atoms with Gasteiger partial charge in [0.25, 0.3) is 10.0 Å². The first-order valence-corrected chi connectivity index (χ1v) is 16.4. The molecule has 0 bridgehead atoms. The number of halogens is 1. The minimum atomic E-state index is -4.19. The number of methoxy groups -OCH3 is 1. The van der Waals surface area contributed by atoms with E-state index in [4.69, 9.17) is 4.74 Å². The fraction of sp³-hybridized carbons (Fsp3) is 0.235. The lowest BCUT2D eigenvalue weighted by molar-refractivity contribution is -0.140. The molecule has 4 aromatic carbocycles. The number of rotatable bonds is 13. The molecule has 4 aromatic rings. The zero-order chi connectivity index (χ0) is 31.7. The summed E-state index contributed by atoms with van der Waals surface area (Å²) in [5, 5.41) is 2.87. The van der Waals surface area contributed by atoms with E-state index in [2.05, 4.69) is 21.2 Å². The molecule has 0 saturated heterocycles. The second-order valence-electron chi connectivity index (χ2n) is 10.3. The van der Waals surface area contributed by atoms with Crippen LogP contribution in [0, 0.1) is 6.92 Å². The molecule has 0 unspecified atom stereocenters. The number of hydrogen-bond acceptors (Lipinski definition) is 5. The minimum Gasteiger partial charge on any atom is -0.497 e. The molecular weight excluding hydrogens is 642 g/mol. The van der Waals surface area contributed by atoms with Gasteiger partial charge in [-0.1, -0.05) is 76.1 Å². The van der Waals surface area contributed by atoms with Crippen molar-refractivity contribution in [1.29, 1.82) is 0 Å². The molecular formula is C34H36BrN3O5S. The maximum absolute atomic E-state index is 14.4. The maximum atomic E-state index is 14.4. The lowest BCUT2D eigenvalue weighted by atomic mass is 10.0. The molecule has 0 aliphatic heterocycles. The molecule has 0 spiro atoms. The van der Waals surface area contributed by atoms with Gasteiger partial charge in [0.2, 0.25) is 11.8 Å². The summed E-state index contributed by atoms with van der Waals surface area (Å²) < 4.78 is 35.3. The first-order valence-electron chi connectivity index (χ1n) is 14.2. The number of aryl methyl sites for hydroxylation is 1. The Hall–Kier alpha value is -4.15. The van der Waals surface area contributed by atoms with E-state index in [1.807, 2.05) is 68.4 Å². The summed E-state index contributed by atoms with van der Waals surface area (Å²) in [6, 6.07) is 29.0. The van der Waals surface area contributed by atoms with E-state index in [9.17, 15) is 18.0 Å². The minimum absolute atomic E-state index is 0.00905. The van der Waals surface area contributed by atoms with Crippen molar-refractivity contribution in [2.24, 2.45) is 0 Å². The molecule has 44 heavy (non-hydrogen) atoms. The highest BCUT2D eigenvalue weighted by Crippen LogP contribution is 2.27. The number of likely N-dealkylation sites (N-methyl/N-ethyl adjacent to an activating group) is 1. The summed E-state index contributed by atoms with van der Waals surface area (Å²) >= 11 is 3.49. The van der Waals surface area contributed by atoms with E-state index in [-0.39, 0.29) is 23.8 Å². The summed E-state index contributed by atoms with van der Waals surface area (Å²) in [5.74, 6) is -0.331. The van der Waals surface area contributed by atoms with Crippen molar-refractivity contribution in [3.05, 3.63) is 124 Å². The third-order valence-electron chi connectivity index (χ3n) is 7.11. The average Bonchev–Trinajstić information content (AvgIpc) is 3.02. The highest BCUT2D eigenvalue weighted by Gasteiger charge is 2.34. The van der Waals surface area contributed by atoms with Crippen LogP contribution < -0.4 is 14.4 Å². The second-order valence-corrected chi connectivity index (χ2v) is 13.1. The molecule has 0 saturated carbocycles. The van der Waals surface area contributed by atoms with E-state index in [1.165, 1.54) is 24.1 Å². The van der Waals surface area contributed by atoms with Gasteiger partial charge in [0.1, 0.15) is 18.3 Å². The Kier molecular flexibility index (Phi) is 11.2. The van der Waals surface area contributed by atoms with Crippen LogP contribution in [-0.4, -0.2) is 51.4 Å². The maximum Gasteiger partial charge on any atom is 0.264 e. The number of nitrogens with zero attached hydrogens (tertiary/aromatic N) is 2. The van der Waals surface area contributed by atoms with Gasteiger partial charge in [-0.3, -0.25) is 13.9 Å². The fourth-order valence-electron chi connectivity index (χ4n) is 4.79. The molecule has 0 aliphatic rings. The molecule has 10 heteroatoms. The SMILES string of the molecule is CCNC(=O)[C@H](Cc1ccccc1)N(Cc1cccc(Br)c1)C(=O)CN(c1ccc(C)cc1)S(=O)(=O)c1ccc(OC)cc1. The largest absolute Gasteiger partial charge is 0.497 e. The van der Waals surface area contributed by atoms with E-state index in [0.29, 0.717) is 18.0 Å². The van der Waals surface area contributed by atoms with Gasteiger partial charge in [-0.2, -0.15) is 0 Å². The van der Waals surface area contributed by atoms with Crippen LogP contribution in [0.15, 0.2) is 112 Å². The molecule has 0 heterocycles. The van der Waals surface area contributed by atoms with Crippen LogP contribution in [-0.2, 0) is 32.6 Å². The average molecular weight is 679 g/mol. The highest BCUT2D eigenvalue weighted by atomic mass is 79.9. The van der Waals surface area contributed by atoms with Crippen molar-refractivity contribution >= 4 is 43.5 Å². The summed E-state index contributed by atoms with van der Waals surface area (Å²) in [4.78, 5) is 29.5. The van der Waals surface area contributed by atoms with Gasteiger partial charge in [0, 0.05) is 24.0 Å². The normalized spacial score (nSPS) is 11.8. The highest BCUT2D eigenvalue weighted by molar-refractivity contribution is 9.10. The van der Waals surface area contributed by atoms with Gasteiger partial charge in [0.05, 0.1) is 17.7 Å². The van der Waals surface area contributed by atoms with Crippen LogP contribution >= 0.6 is 15.9 Å². The zero-order valence-corrected chi connectivity index (χ0v) is 27.3. The Morgan fingerprint density at radius 1 is 0.886 bits per heavy atom. The number of anilines is 1. The van der Waals surface area contributed by atoms with Gasteiger partial charge in [0.15, 0.2) is 0 Å². The number of amides is 2. The van der Waals surface area contributed by atoms with Crippen molar-refractivity contribution < 1.29 is 22.7 Å². The summed E-state index contributed by atoms with van der Waals surface area (Å²) in [6.07, 6.45) is 0.252. The number of carbonyl (C=O) groups excluding carboxylic acids is 2. The first kappa shape index (κ1) is 32.8. The zero-order valence-electron chi connectivity index (χ0n) is 24.9. The van der Waals surface area contributed by atoms with E-state index < -0.39 is 28.5 Å². The number of hydrogen-bond donors (Lipinski definition) is 1. The predicted molar refractivity (Wildman–Crippen MR) is 176 cm³/mol. The number of carbonyl (C=O) groups is 2. The van der Waals surface area contributed by atoms with Crippen molar-refractivity contribution in [1.82, 2.24) is 10.2 Å². The monoisotopic (exact) mass is 677 g/mol.